The largest absolute Gasteiger partial charge is 0.452 e. The number of hydrogen-bond donors (Lipinski definition) is 1. The smallest absolute Gasteiger partial charge is 0.338 e. The third-order valence-corrected chi connectivity index (χ3v) is 4.40. The summed E-state index contributed by atoms with van der Waals surface area (Å²) in [7, 11) is -3.82. The minimum absolute atomic E-state index is 0.0636. The van der Waals surface area contributed by atoms with Crippen molar-refractivity contribution in [1.29, 1.82) is 0 Å². The molecule has 1 amide bonds. The summed E-state index contributed by atoms with van der Waals surface area (Å²) in [5, 5.41) is 13.7. The second-order valence-electron chi connectivity index (χ2n) is 5.55. The molecule has 0 heterocycles. The van der Waals surface area contributed by atoms with Crippen LogP contribution in [-0.2, 0) is 19.4 Å². The molecule has 0 aliphatic heterocycles. The highest BCUT2D eigenvalue weighted by atomic mass is 32.2. The van der Waals surface area contributed by atoms with Gasteiger partial charge in [0.25, 0.3) is 11.6 Å². The number of ether oxygens (including phenoxy) is 1. The van der Waals surface area contributed by atoms with Crippen LogP contribution in [0.4, 0.5) is 5.69 Å². The minimum Gasteiger partial charge on any atom is -0.452 e. The van der Waals surface area contributed by atoms with Crippen LogP contribution in [0.5, 0.6) is 0 Å². The van der Waals surface area contributed by atoms with Gasteiger partial charge in [-0.1, -0.05) is 13.3 Å². The van der Waals surface area contributed by atoms with Gasteiger partial charge in [0.15, 0.2) is 16.4 Å². The van der Waals surface area contributed by atoms with Crippen molar-refractivity contribution < 1.29 is 27.7 Å². The molecule has 0 unspecified atom stereocenters. The van der Waals surface area contributed by atoms with E-state index in [1.165, 1.54) is 0 Å². The number of nitrogens with one attached hydrogen (secondary N) is 1. The third kappa shape index (κ3) is 6.14. The first-order valence-corrected chi connectivity index (χ1v) is 9.40. The molecule has 0 radical (unpaired) electrons. The maximum atomic E-state index is 11.9. The molecule has 9 nitrogen and oxygen atoms in total. The highest BCUT2D eigenvalue weighted by Crippen LogP contribution is 2.25. The number of amides is 1. The average Bonchev–Trinajstić information content (AvgIpc) is 2.51. The Morgan fingerprint density at radius 2 is 2.00 bits per heavy atom. The molecule has 1 N–H and O–H groups in total. The van der Waals surface area contributed by atoms with Gasteiger partial charge in [0.05, 0.1) is 10.5 Å². The summed E-state index contributed by atoms with van der Waals surface area (Å²) in [6.45, 7) is 3.25. The summed E-state index contributed by atoms with van der Waals surface area (Å²) in [5.74, 6) is -1.45. The van der Waals surface area contributed by atoms with Gasteiger partial charge in [0, 0.05) is 18.4 Å². The van der Waals surface area contributed by atoms with E-state index in [-0.39, 0.29) is 11.6 Å². The lowest BCUT2D eigenvalue weighted by Crippen LogP contribution is -2.35. The Morgan fingerprint density at radius 1 is 1.36 bits per heavy atom. The quantitative estimate of drug-likeness (QED) is 0.415. The van der Waals surface area contributed by atoms with Crippen LogP contribution >= 0.6 is 0 Å². The summed E-state index contributed by atoms with van der Waals surface area (Å²) in [4.78, 5) is 33.2. The average molecular weight is 372 g/mol. The summed E-state index contributed by atoms with van der Waals surface area (Å²) in [5.41, 5.74) is -0.938. The number of nitro benzene ring substituents is 1. The van der Waals surface area contributed by atoms with E-state index < -0.39 is 43.8 Å². The monoisotopic (exact) mass is 372 g/mol. The number of nitro groups is 1. The lowest BCUT2D eigenvalue weighted by Gasteiger charge is -2.12. The molecule has 1 aromatic rings. The standard InChI is InChI=1S/C15H20N2O7S/c1-4-5-10(2)16-14(18)9-24-15(19)11-6-7-13(25(3,22)23)12(8-11)17(20)21/h6-8,10H,4-5,9H2,1-3H3,(H,16,18)/t10-/m0/s1. The Balaban J connectivity index is 2.84. The molecule has 1 atom stereocenters. The molecule has 0 aliphatic carbocycles. The first-order valence-electron chi connectivity index (χ1n) is 7.51. The number of carbonyl (C=O) groups is 2. The predicted molar refractivity (Wildman–Crippen MR) is 89.0 cm³/mol. The topological polar surface area (TPSA) is 133 Å². The Bertz CT molecular complexity index is 774. The van der Waals surface area contributed by atoms with Gasteiger partial charge in [0.1, 0.15) is 4.90 Å². The SMILES string of the molecule is CCC[C@H](C)NC(=O)COC(=O)c1ccc(S(C)(=O)=O)c([N+](=O)[O-])c1. The predicted octanol–water partition coefficient (Wildman–Crippen LogP) is 1.46. The van der Waals surface area contributed by atoms with Gasteiger partial charge in [-0.3, -0.25) is 14.9 Å². The van der Waals surface area contributed by atoms with E-state index in [0.717, 1.165) is 37.3 Å². The lowest BCUT2D eigenvalue weighted by molar-refractivity contribution is -0.387. The number of rotatable bonds is 8. The van der Waals surface area contributed by atoms with Crippen molar-refractivity contribution in [3.05, 3.63) is 33.9 Å². The molecule has 0 aliphatic rings. The lowest BCUT2D eigenvalue weighted by atomic mass is 10.2. The molecular weight excluding hydrogens is 352 g/mol. The maximum Gasteiger partial charge on any atom is 0.338 e. The number of carbonyl (C=O) groups excluding carboxylic acids is 2. The maximum absolute atomic E-state index is 11.9. The molecule has 1 aromatic carbocycles. The van der Waals surface area contributed by atoms with Crippen molar-refractivity contribution in [3.8, 4) is 0 Å². The molecule has 1 rings (SSSR count). The van der Waals surface area contributed by atoms with Crippen molar-refractivity contribution in [2.45, 2.75) is 37.6 Å². The molecule has 138 valence electrons. The first kappa shape index (κ1) is 20.6. The molecule has 25 heavy (non-hydrogen) atoms. The molecule has 0 saturated heterocycles. The zero-order valence-corrected chi connectivity index (χ0v) is 15.0. The molecule has 0 saturated carbocycles. The van der Waals surface area contributed by atoms with E-state index in [4.69, 9.17) is 4.74 Å². The number of benzene rings is 1. The fourth-order valence-electron chi connectivity index (χ4n) is 2.14. The molecule has 0 fully saturated rings. The number of esters is 1. The van der Waals surface area contributed by atoms with Crippen molar-refractivity contribution in [3.63, 3.8) is 0 Å². The van der Waals surface area contributed by atoms with Gasteiger partial charge in [-0.15, -0.1) is 0 Å². The zero-order chi connectivity index (χ0) is 19.2. The van der Waals surface area contributed by atoms with Gasteiger partial charge in [0.2, 0.25) is 0 Å². The third-order valence-electron chi connectivity index (χ3n) is 3.25. The Labute approximate surface area is 145 Å². The van der Waals surface area contributed by atoms with E-state index in [0.29, 0.717) is 0 Å². The van der Waals surface area contributed by atoms with Gasteiger partial charge < -0.3 is 10.1 Å². The van der Waals surface area contributed by atoms with Crippen molar-refractivity contribution in [2.24, 2.45) is 0 Å². The van der Waals surface area contributed by atoms with Gasteiger partial charge in [-0.25, -0.2) is 13.2 Å². The van der Waals surface area contributed by atoms with Crippen LogP contribution < -0.4 is 5.32 Å². The molecule has 10 heteroatoms. The summed E-state index contributed by atoms with van der Waals surface area (Å²) in [6.07, 6.45) is 2.49. The van der Waals surface area contributed by atoms with Crippen LogP contribution in [0.1, 0.15) is 37.0 Å². The van der Waals surface area contributed by atoms with E-state index in [9.17, 15) is 28.1 Å². The fraction of sp³-hybridized carbons (Fsp3) is 0.467. The molecule has 0 spiro atoms. The first-order chi connectivity index (χ1) is 11.6. The van der Waals surface area contributed by atoms with Gasteiger partial charge in [-0.05, 0) is 25.5 Å². The van der Waals surface area contributed by atoms with Crippen LogP contribution in [0.3, 0.4) is 0 Å². The van der Waals surface area contributed by atoms with Crippen molar-refractivity contribution in [2.75, 3.05) is 12.9 Å². The number of hydrogen-bond acceptors (Lipinski definition) is 7. The minimum atomic E-state index is -3.82. The fourth-order valence-corrected chi connectivity index (χ4v) is 2.97. The molecule has 0 bridgehead atoms. The normalized spacial score (nSPS) is 12.3. The zero-order valence-electron chi connectivity index (χ0n) is 14.1. The Morgan fingerprint density at radius 3 is 2.52 bits per heavy atom. The highest BCUT2D eigenvalue weighted by molar-refractivity contribution is 7.90. The summed E-state index contributed by atoms with van der Waals surface area (Å²) < 4.78 is 27.9. The number of sulfone groups is 1. The molecule has 0 aromatic heterocycles. The number of nitrogens with zero attached hydrogens (tertiary/aromatic N) is 1. The van der Waals surface area contributed by atoms with Crippen molar-refractivity contribution >= 4 is 27.4 Å². The highest BCUT2D eigenvalue weighted by Gasteiger charge is 2.24. The van der Waals surface area contributed by atoms with E-state index in [1.54, 1.807) is 0 Å². The second-order valence-corrected chi connectivity index (χ2v) is 7.53. The Hall–Kier alpha value is -2.49. The van der Waals surface area contributed by atoms with Crippen LogP contribution in [0.15, 0.2) is 23.1 Å². The van der Waals surface area contributed by atoms with Crippen molar-refractivity contribution in [1.82, 2.24) is 5.32 Å². The van der Waals surface area contributed by atoms with Crippen LogP contribution in [0.2, 0.25) is 0 Å². The Kier molecular flexibility index (Phi) is 7.04. The molecular formula is C15H20N2O7S. The van der Waals surface area contributed by atoms with E-state index >= 15 is 0 Å². The van der Waals surface area contributed by atoms with Gasteiger partial charge in [-0.2, -0.15) is 0 Å². The van der Waals surface area contributed by atoms with Crippen LogP contribution in [0, 0.1) is 10.1 Å². The van der Waals surface area contributed by atoms with Crippen LogP contribution in [0.25, 0.3) is 0 Å². The summed E-state index contributed by atoms with van der Waals surface area (Å²) in [6, 6.07) is 2.82. The van der Waals surface area contributed by atoms with E-state index in [2.05, 4.69) is 5.32 Å². The second kappa shape index (κ2) is 8.56. The van der Waals surface area contributed by atoms with E-state index in [1.807, 2.05) is 13.8 Å². The van der Waals surface area contributed by atoms with Crippen LogP contribution in [-0.4, -0.2) is 44.1 Å². The van der Waals surface area contributed by atoms with Gasteiger partial charge >= 0.3 is 5.97 Å². The summed E-state index contributed by atoms with van der Waals surface area (Å²) >= 11 is 0.